The molecule has 0 unspecified atom stereocenters. The van der Waals surface area contributed by atoms with E-state index < -0.39 is 0 Å². The third kappa shape index (κ3) is 8.98. The standard InChI is InChI=1S/C31H42N4O3/c1-5-6-17-32-31(37)35(20-25(2)3)24-30(36)34(21-26-12-8-7-9-13-26)23-28-15-11-18-33(28)22-27-14-10-16-29(19-27)38-4/h7-16,18-19,25H,5-6,17,20-24H2,1-4H3,(H,32,37). The first-order valence-corrected chi connectivity index (χ1v) is 13.5. The zero-order chi connectivity index (χ0) is 27.3. The molecule has 0 atom stereocenters. The number of methoxy groups -OCH3 is 1. The highest BCUT2D eigenvalue weighted by Crippen LogP contribution is 2.17. The summed E-state index contributed by atoms with van der Waals surface area (Å²) in [4.78, 5) is 30.2. The summed E-state index contributed by atoms with van der Waals surface area (Å²) in [5, 5.41) is 2.98. The van der Waals surface area contributed by atoms with Crippen molar-refractivity contribution in [3.63, 3.8) is 0 Å². The predicted molar refractivity (Wildman–Crippen MR) is 152 cm³/mol. The monoisotopic (exact) mass is 518 g/mol. The van der Waals surface area contributed by atoms with Crippen LogP contribution in [0.3, 0.4) is 0 Å². The number of nitrogens with zero attached hydrogens (tertiary/aromatic N) is 3. The fourth-order valence-corrected chi connectivity index (χ4v) is 4.35. The Hall–Kier alpha value is -3.74. The van der Waals surface area contributed by atoms with Crippen molar-refractivity contribution in [3.8, 4) is 5.75 Å². The molecule has 7 nitrogen and oxygen atoms in total. The second-order valence-electron chi connectivity index (χ2n) is 10.1. The Morgan fingerprint density at radius 3 is 2.42 bits per heavy atom. The quantitative estimate of drug-likeness (QED) is 0.285. The number of carbonyl (C=O) groups is 2. The molecule has 0 spiro atoms. The SMILES string of the molecule is CCCCNC(=O)N(CC(=O)N(Cc1ccccc1)Cc1cccn1Cc1cccc(OC)c1)CC(C)C. The fraction of sp³-hybridized carbons (Fsp3) is 0.419. The maximum atomic E-state index is 13.7. The van der Waals surface area contributed by atoms with Gasteiger partial charge in [0.1, 0.15) is 12.3 Å². The van der Waals surface area contributed by atoms with Crippen LogP contribution >= 0.6 is 0 Å². The summed E-state index contributed by atoms with van der Waals surface area (Å²) in [5.74, 6) is 0.996. The molecule has 1 aromatic heterocycles. The molecule has 1 heterocycles. The first kappa shape index (κ1) is 28.8. The topological polar surface area (TPSA) is 66.8 Å². The maximum absolute atomic E-state index is 13.7. The molecular weight excluding hydrogens is 476 g/mol. The van der Waals surface area contributed by atoms with E-state index in [0.29, 0.717) is 32.7 Å². The third-order valence-corrected chi connectivity index (χ3v) is 6.34. The van der Waals surface area contributed by atoms with E-state index in [1.165, 1.54) is 0 Å². The summed E-state index contributed by atoms with van der Waals surface area (Å²) >= 11 is 0. The van der Waals surface area contributed by atoms with Crippen LogP contribution in [0.4, 0.5) is 4.79 Å². The van der Waals surface area contributed by atoms with E-state index in [9.17, 15) is 9.59 Å². The summed E-state index contributed by atoms with van der Waals surface area (Å²) in [7, 11) is 1.67. The molecule has 0 bridgehead atoms. The van der Waals surface area contributed by atoms with Crippen molar-refractivity contribution in [1.29, 1.82) is 0 Å². The van der Waals surface area contributed by atoms with Gasteiger partial charge in [-0.2, -0.15) is 0 Å². The Balaban J connectivity index is 1.80. The minimum absolute atomic E-state index is 0.0412. The van der Waals surface area contributed by atoms with E-state index in [2.05, 4.69) is 42.8 Å². The van der Waals surface area contributed by atoms with Crippen molar-refractivity contribution in [1.82, 2.24) is 19.7 Å². The Labute approximate surface area is 227 Å². The largest absolute Gasteiger partial charge is 0.497 e. The number of aromatic nitrogens is 1. The van der Waals surface area contributed by atoms with Gasteiger partial charge >= 0.3 is 6.03 Å². The second kappa shape index (κ2) is 14.9. The normalized spacial score (nSPS) is 10.9. The van der Waals surface area contributed by atoms with Gasteiger partial charge in [-0.25, -0.2) is 4.79 Å². The van der Waals surface area contributed by atoms with Gasteiger partial charge in [-0.15, -0.1) is 0 Å². The molecule has 0 aliphatic carbocycles. The third-order valence-electron chi connectivity index (χ3n) is 6.34. The van der Waals surface area contributed by atoms with Crippen molar-refractivity contribution in [2.45, 2.75) is 53.2 Å². The highest BCUT2D eigenvalue weighted by Gasteiger charge is 2.23. The zero-order valence-corrected chi connectivity index (χ0v) is 23.2. The number of nitrogens with one attached hydrogen (secondary N) is 1. The number of ether oxygens (including phenoxy) is 1. The van der Waals surface area contributed by atoms with Gasteiger partial charge < -0.3 is 24.4 Å². The van der Waals surface area contributed by atoms with Crippen molar-refractivity contribution < 1.29 is 14.3 Å². The van der Waals surface area contributed by atoms with Crippen LogP contribution in [-0.2, 0) is 24.4 Å². The van der Waals surface area contributed by atoms with E-state index >= 15 is 0 Å². The lowest BCUT2D eigenvalue weighted by molar-refractivity contribution is -0.133. The number of hydrogen-bond donors (Lipinski definition) is 1. The Bertz CT molecular complexity index is 1140. The van der Waals surface area contributed by atoms with E-state index in [1.54, 1.807) is 12.0 Å². The Kier molecular flexibility index (Phi) is 11.3. The zero-order valence-electron chi connectivity index (χ0n) is 23.2. The smallest absolute Gasteiger partial charge is 0.317 e. The molecule has 3 amide bonds. The number of unbranched alkanes of at least 4 members (excludes halogenated alkanes) is 1. The molecule has 38 heavy (non-hydrogen) atoms. The summed E-state index contributed by atoms with van der Waals surface area (Å²) in [5.41, 5.74) is 3.20. The van der Waals surface area contributed by atoms with E-state index in [1.807, 2.05) is 65.7 Å². The van der Waals surface area contributed by atoms with Crippen LogP contribution in [-0.4, -0.2) is 53.0 Å². The molecule has 0 aliphatic heterocycles. The molecule has 204 valence electrons. The molecular formula is C31H42N4O3. The lowest BCUT2D eigenvalue weighted by atomic mass is 10.2. The minimum Gasteiger partial charge on any atom is -0.497 e. The van der Waals surface area contributed by atoms with Crippen LogP contribution in [0.15, 0.2) is 72.9 Å². The molecule has 0 saturated carbocycles. The summed E-state index contributed by atoms with van der Waals surface area (Å²) in [6.07, 6.45) is 3.95. The van der Waals surface area contributed by atoms with Crippen molar-refractivity contribution >= 4 is 11.9 Å². The minimum atomic E-state index is -0.179. The van der Waals surface area contributed by atoms with Crippen LogP contribution in [0.25, 0.3) is 0 Å². The molecule has 1 N–H and O–H groups in total. The van der Waals surface area contributed by atoms with Gasteiger partial charge in [-0.3, -0.25) is 4.79 Å². The van der Waals surface area contributed by atoms with Gasteiger partial charge in [-0.1, -0.05) is 69.7 Å². The number of benzene rings is 2. The number of rotatable bonds is 14. The van der Waals surface area contributed by atoms with Crippen molar-refractivity contribution in [2.75, 3.05) is 26.7 Å². The molecule has 3 rings (SSSR count). The molecule has 0 saturated heterocycles. The van der Waals surface area contributed by atoms with Crippen LogP contribution in [0.5, 0.6) is 5.75 Å². The molecule has 0 fully saturated rings. The van der Waals surface area contributed by atoms with Crippen LogP contribution in [0.2, 0.25) is 0 Å². The van der Waals surface area contributed by atoms with Gasteiger partial charge in [0.25, 0.3) is 0 Å². The Morgan fingerprint density at radius 2 is 1.71 bits per heavy atom. The van der Waals surface area contributed by atoms with Gasteiger partial charge in [0.15, 0.2) is 0 Å². The maximum Gasteiger partial charge on any atom is 0.317 e. The molecule has 0 radical (unpaired) electrons. The van der Waals surface area contributed by atoms with Crippen LogP contribution < -0.4 is 10.1 Å². The molecule has 0 aliphatic rings. The Morgan fingerprint density at radius 1 is 0.947 bits per heavy atom. The number of carbonyl (C=O) groups excluding carboxylic acids is 2. The summed E-state index contributed by atoms with van der Waals surface area (Å²) in [6, 6.07) is 21.9. The van der Waals surface area contributed by atoms with Crippen molar-refractivity contribution in [3.05, 3.63) is 89.7 Å². The van der Waals surface area contributed by atoms with Crippen LogP contribution in [0.1, 0.15) is 50.4 Å². The number of urea groups is 1. The van der Waals surface area contributed by atoms with Gasteiger partial charge in [0, 0.05) is 38.1 Å². The van der Waals surface area contributed by atoms with Crippen molar-refractivity contribution in [2.24, 2.45) is 5.92 Å². The lowest BCUT2D eigenvalue weighted by Crippen LogP contribution is -2.48. The van der Waals surface area contributed by atoms with Gasteiger partial charge in [-0.05, 0) is 47.7 Å². The van der Waals surface area contributed by atoms with Crippen LogP contribution in [0, 0.1) is 5.92 Å². The molecule has 3 aromatic rings. The van der Waals surface area contributed by atoms with Gasteiger partial charge in [0.2, 0.25) is 5.91 Å². The van der Waals surface area contributed by atoms with E-state index in [4.69, 9.17) is 4.74 Å². The highest BCUT2D eigenvalue weighted by atomic mass is 16.5. The lowest BCUT2D eigenvalue weighted by Gasteiger charge is -2.29. The molecule has 2 aromatic carbocycles. The number of hydrogen-bond acceptors (Lipinski definition) is 3. The summed E-state index contributed by atoms with van der Waals surface area (Å²) < 4.78 is 7.54. The first-order chi connectivity index (χ1) is 18.4. The second-order valence-corrected chi connectivity index (χ2v) is 10.1. The molecule has 7 heteroatoms. The highest BCUT2D eigenvalue weighted by molar-refractivity contribution is 5.84. The summed E-state index contributed by atoms with van der Waals surface area (Å²) in [6.45, 7) is 8.97. The average molecular weight is 519 g/mol. The first-order valence-electron chi connectivity index (χ1n) is 13.5. The fourth-order valence-electron chi connectivity index (χ4n) is 4.35. The van der Waals surface area contributed by atoms with E-state index in [-0.39, 0.29) is 24.4 Å². The van der Waals surface area contributed by atoms with E-state index in [0.717, 1.165) is 35.4 Å². The number of amides is 3. The van der Waals surface area contributed by atoms with Gasteiger partial charge in [0.05, 0.1) is 13.7 Å². The predicted octanol–water partition coefficient (Wildman–Crippen LogP) is 5.54. The average Bonchev–Trinajstić information content (AvgIpc) is 3.34.